The highest BCUT2D eigenvalue weighted by Gasteiger charge is 2.05. The normalized spacial score (nSPS) is 9.96. The average Bonchev–Trinajstić information content (AvgIpc) is 2.58. The standard InChI is InChI=1S/C19H17ClNO.ClH/c20-18-8-10-19(11-9-18)22-14-13-21-12-4-7-17(15-21)16-5-2-1-3-6-16;/h1-12,15H,13-14H2;1H/q+1;/p-1. The van der Waals surface area contributed by atoms with Crippen LogP contribution in [-0.4, -0.2) is 6.61 Å². The number of hydrogen-bond donors (Lipinski definition) is 0. The third-order valence-electron chi connectivity index (χ3n) is 3.40. The molecule has 3 aromatic rings. The number of nitrogens with zero attached hydrogens (tertiary/aromatic N) is 1. The molecule has 0 spiro atoms. The molecule has 3 rings (SSSR count). The summed E-state index contributed by atoms with van der Waals surface area (Å²) in [6, 6.07) is 22.0. The first-order chi connectivity index (χ1) is 10.8. The summed E-state index contributed by atoms with van der Waals surface area (Å²) in [5.41, 5.74) is 2.42. The minimum Gasteiger partial charge on any atom is -1.00 e. The second-order valence-electron chi connectivity index (χ2n) is 5.00. The monoisotopic (exact) mass is 345 g/mol. The van der Waals surface area contributed by atoms with Gasteiger partial charge in [-0.3, -0.25) is 0 Å². The van der Waals surface area contributed by atoms with Gasteiger partial charge >= 0.3 is 0 Å². The molecule has 0 aliphatic rings. The zero-order valence-electron chi connectivity index (χ0n) is 12.5. The number of halogens is 2. The molecule has 0 saturated carbocycles. The van der Waals surface area contributed by atoms with Crippen molar-refractivity contribution in [2.45, 2.75) is 6.54 Å². The maximum Gasteiger partial charge on any atom is 0.182 e. The number of aromatic nitrogens is 1. The van der Waals surface area contributed by atoms with Crippen LogP contribution in [0.1, 0.15) is 0 Å². The van der Waals surface area contributed by atoms with Gasteiger partial charge in [-0.05, 0) is 35.9 Å². The Bertz CT molecular complexity index is 730. The van der Waals surface area contributed by atoms with Gasteiger partial charge in [-0.15, -0.1) is 0 Å². The molecular formula is C19H17Cl2NO. The van der Waals surface area contributed by atoms with Crippen LogP contribution in [0, 0.1) is 0 Å². The van der Waals surface area contributed by atoms with Crippen LogP contribution in [0.25, 0.3) is 11.1 Å². The summed E-state index contributed by atoms with van der Waals surface area (Å²) < 4.78 is 7.87. The topological polar surface area (TPSA) is 13.1 Å². The molecular weight excluding hydrogens is 329 g/mol. The lowest BCUT2D eigenvalue weighted by Gasteiger charge is -2.05. The molecule has 0 saturated heterocycles. The fraction of sp³-hybridized carbons (Fsp3) is 0.105. The van der Waals surface area contributed by atoms with Crippen molar-refractivity contribution >= 4 is 11.6 Å². The van der Waals surface area contributed by atoms with E-state index in [1.165, 1.54) is 11.1 Å². The summed E-state index contributed by atoms with van der Waals surface area (Å²) in [5.74, 6) is 0.837. The first kappa shape index (κ1) is 17.3. The van der Waals surface area contributed by atoms with Gasteiger partial charge in [-0.2, -0.15) is 0 Å². The Morgan fingerprint density at radius 3 is 2.26 bits per heavy atom. The quantitative estimate of drug-likeness (QED) is 0.637. The van der Waals surface area contributed by atoms with Gasteiger partial charge in [0.05, 0.1) is 0 Å². The van der Waals surface area contributed by atoms with Gasteiger partial charge < -0.3 is 17.1 Å². The van der Waals surface area contributed by atoms with Gasteiger partial charge in [0, 0.05) is 16.7 Å². The van der Waals surface area contributed by atoms with Crippen molar-refractivity contribution in [2.24, 2.45) is 0 Å². The highest BCUT2D eigenvalue weighted by atomic mass is 35.5. The van der Waals surface area contributed by atoms with Crippen molar-refractivity contribution in [1.82, 2.24) is 0 Å². The summed E-state index contributed by atoms with van der Waals surface area (Å²) in [6.45, 7) is 1.41. The van der Waals surface area contributed by atoms with Crippen LogP contribution in [-0.2, 0) is 6.54 Å². The summed E-state index contributed by atoms with van der Waals surface area (Å²) in [7, 11) is 0. The number of hydrogen-bond acceptors (Lipinski definition) is 1. The zero-order valence-corrected chi connectivity index (χ0v) is 14.0. The Morgan fingerprint density at radius 2 is 1.52 bits per heavy atom. The molecule has 2 nitrogen and oxygen atoms in total. The molecule has 0 amide bonds. The summed E-state index contributed by atoms with van der Waals surface area (Å²) in [5, 5.41) is 0.720. The molecule has 0 bridgehead atoms. The molecule has 4 heteroatoms. The summed E-state index contributed by atoms with van der Waals surface area (Å²) >= 11 is 5.86. The lowest BCUT2D eigenvalue weighted by molar-refractivity contribution is -0.697. The molecule has 23 heavy (non-hydrogen) atoms. The second kappa shape index (κ2) is 8.56. The van der Waals surface area contributed by atoms with E-state index in [0.29, 0.717) is 6.61 Å². The lowest BCUT2D eigenvalue weighted by Crippen LogP contribution is -3.00. The van der Waals surface area contributed by atoms with Crippen LogP contribution >= 0.6 is 11.6 Å². The van der Waals surface area contributed by atoms with E-state index in [4.69, 9.17) is 16.3 Å². The Balaban J connectivity index is 0.00000192. The molecule has 0 aliphatic heterocycles. The van der Waals surface area contributed by atoms with Crippen LogP contribution < -0.4 is 21.7 Å². The summed E-state index contributed by atoms with van der Waals surface area (Å²) in [6.07, 6.45) is 4.19. The Kier molecular flexibility index (Phi) is 6.45. The third-order valence-corrected chi connectivity index (χ3v) is 3.65. The summed E-state index contributed by atoms with van der Waals surface area (Å²) in [4.78, 5) is 0. The van der Waals surface area contributed by atoms with Crippen LogP contribution in [0.4, 0.5) is 0 Å². The number of ether oxygens (including phenoxy) is 1. The van der Waals surface area contributed by atoms with Gasteiger partial charge in [-0.25, -0.2) is 4.57 Å². The number of benzene rings is 2. The smallest absolute Gasteiger partial charge is 0.182 e. The van der Waals surface area contributed by atoms with Gasteiger partial charge in [0.1, 0.15) is 12.4 Å². The number of rotatable bonds is 5. The van der Waals surface area contributed by atoms with Crippen LogP contribution in [0.5, 0.6) is 5.75 Å². The fourth-order valence-corrected chi connectivity index (χ4v) is 2.39. The number of pyridine rings is 1. The van der Waals surface area contributed by atoms with Crippen LogP contribution in [0.15, 0.2) is 79.1 Å². The van der Waals surface area contributed by atoms with E-state index in [2.05, 4.69) is 53.4 Å². The van der Waals surface area contributed by atoms with Crippen LogP contribution in [0.3, 0.4) is 0 Å². The van der Waals surface area contributed by atoms with E-state index in [0.717, 1.165) is 17.3 Å². The van der Waals surface area contributed by atoms with Gasteiger partial charge in [0.25, 0.3) is 0 Å². The van der Waals surface area contributed by atoms with Crippen molar-refractivity contribution < 1.29 is 21.7 Å². The van der Waals surface area contributed by atoms with Gasteiger partial charge in [0.15, 0.2) is 18.9 Å². The van der Waals surface area contributed by atoms with E-state index >= 15 is 0 Å². The predicted octanol–water partition coefficient (Wildman–Crippen LogP) is 1.38. The van der Waals surface area contributed by atoms with Crippen LogP contribution in [0.2, 0.25) is 5.02 Å². The molecule has 0 N–H and O–H groups in total. The molecule has 0 unspecified atom stereocenters. The lowest BCUT2D eigenvalue weighted by atomic mass is 10.1. The van der Waals surface area contributed by atoms with Crippen molar-refractivity contribution in [3.05, 3.63) is 84.1 Å². The molecule has 0 radical (unpaired) electrons. The molecule has 118 valence electrons. The minimum absolute atomic E-state index is 0. The maximum atomic E-state index is 5.86. The zero-order chi connectivity index (χ0) is 15.2. The molecule has 1 heterocycles. The predicted molar refractivity (Wildman–Crippen MR) is 89.0 cm³/mol. The molecule has 0 fully saturated rings. The first-order valence-electron chi connectivity index (χ1n) is 7.24. The third kappa shape index (κ3) is 4.98. The van der Waals surface area contributed by atoms with Gasteiger partial charge in [-0.1, -0.05) is 41.9 Å². The second-order valence-corrected chi connectivity index (χ2v) is 5.44. The van der Waals surface area contributed by atoms with E-state index < -0.39 is 0 Å². The highest BCUT2D eigenvalue weighted by molar-refractivity contribution is 6.30. The Hall–Kier alpha value is -2.03. The minimum atomic E-state index is 0. The SMILES string of the molecule is Clc1ccc(OCC[n+]2cccc(-c3ccccc3)c2)cc1.[Cl-]. The van der Waals surface area contributed by atoms with E-state index in [9.17, 15) is 0 Å². The average molecular weight is 346 g/mol. The van der Waals surface area contributed by atoms with Gasteiger partial charge in [0.2, 0.25) is 0 Å². The van der Waals surface area contributed by atoms with E-state index in [1.54, 1.807) is 0 Å². The Labute approximate surface area is 147 Å². The molecule has 1 aromatic heterocycles. The van der Waals surface area contributed by atoms with E-state index in [-0.39, 0.29) is 12.4 Å². The molecule has 2 aromatic carbocycles. The van der Waals surface area contributed by atoms with Crippen molar-refractivity contribution in [1.29, 1.82) is 0 Å². The van der Waals surface area contributed by atoms with Crippen molar-refractivity contribution in [3.63, 3.8) is 0 Å². The largest absolute Gasteiger partial charge is 1.00 e. The molecule has 0 aliphatic carbocycles. The maximum absolute atomic E-state index is 5.86. The molecule has 0 atom stereocenters. The van der Waals surface area contributed by atoms with E-state index in [1.807, 2.05) is 30.3 Å². The fourth-order valence-electron chi connectivity index (χ4n) is 2.26. The van der Waals surface area contributed by atoms with Crippen molar-refractivity contribution in [2.75, 3.05) is 6.61 Å². The highest BCUT2D eigenvalue weighted by Crippen LogP contribution is 2.16. The van der Waals surface area contributed by atoms with Crippen molar-refractivity contribution in [3.8, 4) is 16.9 Å². The first-order valence-corrected chi connectivity index (χ1v) is 7.62. The Morgan fingerprint density at radius 1 is 0.826 bits per heavy atom.